The van der Waals surface area contributed by atoms with E-state index in [1.165, 1.54) is 69.2 Å². The number of nitrogens with zero attached hydrogens (tertiary/aromatic N) is 2. The summed E-state index contributed by atoms with van der Waals surface area (Å²) in [6.45, 7) is 7.09. The van der Waals surface area contributed by atoms with Crippen molar-refractivity contribution < 1.29 is 9.30 Å². The fourth-order valence-corrected chi connectivity index (χ4v) is 3.53. The molecule has 27 heavy (non-hydrogen) atoms. The van der Waals surface area contributed by atoms with E-state index in [4.69, 9.17) is 4.74 Å². The summed E-state index contributed by atoms with van der Waals surface area (Å²) >= 11 is 0. The van der Waals surface area contributed by atoms with Crippen LogP contribution >= 0.6 is 0 Å². The second kappa shape index (κ2) is 13.5. The van der Waals surface area contributed by atoms with Gasteiger partial charge in [0.05, 0.1) is 18.7 Å². The van der Waals surface area contributed by atoms with Crippen LogP contribution in [0.4, 0.5) is 0 Å². The van der Waals surface area contributed by atoms with Crippen molar-refractivity contribution in [3.05, 3.63) is 42.7 Å². The summed E-state index contributed by atoms with van der Waals surface area (Å²) in [6, 6.07) is 10.7. The summed E-state index contributed by atoms with van der Waals surface area (Å²) in [5.74, 6) is 1.26. The summed E-state index contributed by atoms with van der Waals surface area (Å²) in [5, 5.41) is 0. The Morgan fingerprint density at radius 3 is 2.22 bits per heavy atom. The first-order chi connectivity index (χ1) is 13.4. The lowest BCUT2D eigenvalue weighted by Crippen LogP contribution is -2.36. The van der Waals surface area contributed by atoms with E-state index >= 15 is 0 Å². The van der Waals surface area contributed by atoms with Gasteiger partial charge in [0.15, 0.2) is 6.73 Å². The average molecular weight is 372 g/mol. The molecule has 1 aromatic carbocycles. The van der Waals surface area contributed by atoms with Gasteiger partial charge in [-0.15, -0.1) is 0 Å². The number of rotatable bonds is 15. The fraction of sp³-hybridized carbons (Fsp3) is 0.625. The van der Waals surface area contributed by atoms with E-state index in [9.17, 15) is 0 Å². The van der Waals surface area contributed by atoms with Crippen molar-refractivity contribution in [3.8, 4) is 11.4 Å². The van der Waals surface area contributed by atoms with Gasteiger partial charge < -0.3 is 4.74 Å². The zero-order valence-corrected chi connectivity index (χ0v) is 17.5. The highest BCUT2D eigenvalue weighted by Crippen LogP contribution is 2.17. The van der Waals surface area contributed by atoms with E-state index in [0.717, 1.165) is 19.6 Å². The van der Waals surface area contributed by atoms with Crippen LogP contribution in [-0.2, 0) is 18.0 Å². The molecule has 0 radical (unpaired) electrons. The predicted octanol–water partition coefficient (Wildman–Crippen LogP) is 6.36. The van der Waals surface area contributed by atoms with Crippen molar-refractivity contribution in [1.82, 2.24) is 4.57 Å². The topological polar surface area (TPSA) is 18.0 Å². The standard InChI is InChI=1S/C24H39N2O/c1-3-5-7-9-10-14-18-25-19-20-26(22-27-21-15-8-6-4-2)24(25)23-16-12-11-13-17-23/h11-13,16-17,19-20H,3-10,14-15,18,21-22H2,1-2H3/q+1. The zero-order valence-electron chi connectivity index (χ0n) is 17.5. The van der Waals surface area contributed by atoms with Crippen LogP contribution in [0, 0.1) is 0 Å². The van der Waals surface area contributed by atoms with E-state index in [0.29, 0.717) is 6.73 Å². The molecule has 3 heteroatoms. The summed E-state index contributed by atoms with van der Waals surface area (Å²) in [4.78, 5) is 0. The summed E-state index contributed by atoms with van der Waals surface area (Å²) in [7, 11) is 0. The first kappa shape index (κ1) is 21.7. The van der Waals surface area contributed by atoms with E-state index < -0.39 is 0 Å². The SMILES string of the molecule is CCCCCCCCn1cc[n+](COCCCCCC)c1-c1ccccc1. The predicted molar refractivity (Wildman–Crippen MR) is 114 cm³/mol. The monoisotopic (exact) mass is 371 g/mol. The highest BCUT2D eigenvalue weighted by atomic mass is 16.5. The second-order valence-electron chi connectivity index (χ2n) is 7.52. The van der Waals surface area contributed by atoms with Gasteiger partial charge in [0.1, 0.15) is 12.4 Å². The minimum atomic E-state index is 0.639. The normalized spacial score (nSPS) is 11.2. The maximum atomic E-state index is 5.96. The van der Waals surface area contributed by atoms with Gasteiger partial charge in [-0.25, -0.2) is 9.13 Å². The van der Waals surface area contributed by atoms with E-state index in [1.807, 2.05) is 0 Å². The molecule has 0 unspecified atom stereocenters. The minimum Gasteiger partial charge on any atom is -0.342 e. The first-order valence-corrected chi connectivity index (χ1v) is 11.1. The Balaban J connectivity index is 1.92. The molecule has 3 nitrogen and oxygen atoms in total. The van der Waals surface area contributed by atoms with Crippen LogP contribution in [0.2, 0.25) is 0 Å². The molecule has 0 N–H and O–H groups in total. The lowest BCUT2D eigenvalue weighted by atomic mass is 10.1. The van der Waals surface area contributed by atoms with Crippen LogP contribution in [0.15, 0.2) is 42.7 Å². The Hall–Kier alpha value is -1.61. The van der Waals surface area contributed by atoms with Gasteiger partial charge in [0.2, 0.25) is 0 Å². The molecule has 2 rings (SSSR count). The Labute approximate surface area is 166 Å². The van der Waals surface area contributed by atoms with Crippen molar-refractivity contribution in [3.63, 3.8) is 0 Å². The van der Waals surface area contributed by atoms with Crippen molar-refractivity contribution >= 4 is 0 Å². The van der Waals surface area contributed by atoms with Gasteiger partial charge >= 0.3 is 0 Å². The second-order valence-corrected chi connectivity index (χ2v) is 7.52. The third kappa shape index (κ3) is 7.88. The molecule has 2 aromatic rings. The molecule has 0 spiro atoms. The number of hydrogen-bond acceptors (Lipinski definition) is 1. The molecule has 150 valence electrons. The van der Waals surface area contributed by atoms with Gasteiger partial charge in [-0.3, -0.25) is 0 Å². The molecule has 0 aliphatic heterocycles. The van der Waals surface area contributed by atoms with E-state index in [2.05, 4.69) is 65.7 Å². The number of imidazole rings is 1. The van der Waals surface area contributed by atoms with Crippen LogP contribution in [0.5, 0.6) is 0 Å². The highest BCUT2D eigenvalue weighted by molar-refractivity contribution is 5.52. The molecule has 0 amide bonds. The van der Waals surface area contributed by atoms with Crippen LogP contribution in [0.1, 0.15) is 78.1 Å². The molecular weight excluding hydrogens is 332 g/mol. The summed E-state index contributed by atoms with van der Waals surface area (Å²) < 4.78 is 10.6. The van der Waals surface area contributed by atoms with Crippen molar-refractivity contribution in [1.29, 1.82) is 0 Å². The smallest absolute Gasteiger partial charge is 0.290 e. The maximum Gasteiger partial charge on any atom is 0.290 e. The number of aromatic nitrogens is 2. The first-order valence-electron chi connectivity index (χ1n) is 11.1. The molecule has 0 fully saturated rings. The van der Waals surface area contributed by atoms with Gasteiger partial charge in [-0.1, -0.05) is 77.0 Å². The lowest BCUT2D eigenvalue weighted by Gasteiger charge is -2.07. The third-order valence-corrected chi connectivity index (χ3v) is 5.13. The van der Waals surface area contributed by atoms with E-state index in [1.54, 1.807) is 0 Å². The fourth-order valence-electron chi connectivity index (χ4n) is 3.53. The molecule has 0 aliphatic rings. The van der Waals surface area contributed by atoms with Gasteiger partial charge in [-0.2, -0.15) is 0 Å². The number of aryl methyl sites for hydroxylation is 1. The van der Waals surface area contributed by atoms with Crippen LogP contribution in [0.3, 0.4) is 0 Å². The summed E-state index contributed by atoms with van der Waals surface area (Å²) in [6.07, 6.45) is 17.4. The number of unbranched alkanes of at least 4 members (excludes halogenated alkanes) is 8. The molecule has 0 bridgehead atoms. The Morgan fingerprint density at radius 1 is 0.815 bits per heavy atom. The molecule has 0 atom stereocenters. The van der Waals surface area contributed by atoms with E-state index in [-0.39, 0.29) is 0 Å². The molecular formula is C24H39N2O+. The Morgan fingerprint density at radius 2 is 1.48 bits per heavy atom. The average Bonchev–Trinajstić information content (AvgIpc) is 3.10. The molecule has 1 aromatic heterocycles. The van der Waals surface area contributed by atoms with Crippen molar-refractivity contribution in [2.45, 2.75) is 91.3 Å². The number of benzene rings is 1. The number of hydrogen-bond donors (Lipinski definition) is 0. The zero-order chi connectivity index (χ0) is 19.2. The van der Waals surface area contributed by atoms with Crippen LogP contribution in [-0.4, -0.2) is 11.2 Å². The lowest BCUT2D eigenvalue weighted by molar-refractivity contribution is -0.722. The number of ether oxygens (including phenoxy) is 1. The minimum absolute atomic E-state index is 0.639. The third-order valence-electron chi connectivity index (χ3n) is 5.13. The Kier molecular flexibility index (Phi) is 10.9. The van der Waals surface area contributed by atoms with Crippen molar-refractivity contribution in [2.24, 2.45) is 0 Å². The molecule has 1 heterocycles. The van der Waals surface area contributed by atoms with Gasteiger partial charge in [0.25, 0.3) is 5.82 Å². The van der Waals surface area contributed by atoms with Gasteiger partial charge in [0, 0.05) is 0 Å². The van der Waals surface area contributed by atoms with Gasteiger partial charge in [-0.05, 0) is 31.4 Å². The quantitative estimate of drug-likeness (QED) is 0.263. The highest BCUT2D eigenvalue weighted by Gasteiger charge is 2.19. The molecule has 0 aliphatic carbocycles. The van der Waals surface area contributed by atoms with Crippen LogP contribution < -0.4 is 4.57 Å². The maximum absolute atomic E-state index is 5.96. The molecule has 0 saturated heterocycles. The molecule has 0 saturated carbocycles. The van der Waals surface area contributed by atoms with Crippen LogP contribution in [0.25, 0.3) is 11.4 Å². The van der Waals surface area contributed by atoms with Crippen molar-refractivity contribution in [2.75, 3.05) is 6.61 Å². The largest absolute Gasteiger partial charge is 0.342 e. The summed E-state index contributed by atoms with van der Waals surface area (Å²) in [5.41, 5.74) is 1.27. The Bertz CT molecular complexity index is 573.